The fraction of sp³-hybridized carbons (Fsp3) is 0.167. The van der Waals surface area contributed by atoms with E-state index < -0.39 is 17.4 Å². The van der Waals surface area contributed by atoms with Gasteiger partial charge in [0.15, 0.2) is 0 Å². The van der Waals surface area contributed by atoms with Crippen molar-refractivity contribution < 1.29 is 14.3 Å². The Morgan fingerprint density at radius 1 is 1.48 bits per heavy atom. The van der Waals surface area contributed by atoms with E-state index in [1.54, 1.807) is 18.2 Å². The first-order valence-electron chi connectivity index (χ1n) is 5.96. The molecule has 1 aromatic carbocycles. The van der Waals surface area contributed by atoms with Crippen molar-refractivity contribution in [2.24, 2.45) is 0 Å². The molecular formula is C12H10ClN5O3. The number of aromatic nitrogens is 3. The third kappa shape index (κ3) is 2.29. The van der Waals surface area contributed by atoms with E-state index in [0.717, 1.165) is 0 Å². The number of amides is 2. The van der Waals surface area contributed by atoms with Crippen molar-refractivity contribution in [1.82, 2.24) is 15.2 Å². The number of rotatable bonds is 2. The number of aromatic amines is 1. The Balaban J connectivity index is 1.89. The first-order valence-corrected chi connectivity index (χ1v) is 6.34. The highest BCUT2D eigenvalue weighted by atomic mass is 35.5. The molecule has 1 unspecified atom stereocenters. The first-order chi connectivity index (χ1) is 9.99. The van der Waals surface area contributed by atoms with Crippen LogP contribution in [-0.4, -0.2) is 32.6 Å². The summed E-state index contributed by atoms with van der Waals surface area (Å²) in [4.78, 5) is 28.2. The van der Waals surface area contributed by atoms with Crippen LogP contribution in [-0.2, 0) is 9.59 Å². The van der Waals surface area contributed by atoms with Crippen LogP contribution < -0.4 is 15.4 Å². The number of halogens is 1. The van der Waals surface area contributed by atoms with E-state index in [-0.39, 0.29) is 5.95 Å². The molecule has 0 bridgehead atoms. The Kier molecular flexibility index (Phi) is 3.02. The highest BCUT2D eigenvalue weighted by Gasteiger charge is 2.47. The molecule has 3 rings (SSSR count). The molecule has 2 amide bonds. The number of fused-ring (bicyclic) bond motifs is 1. The first kappa shape index (κ1) is 13.4. The van der Waals surface area contributed by atoms with Crippen LogP contribution in [0.15, 0.2) is 24.5 Å². The van der Waals surface area contributed by atoms with Gasteiger partial charge in [-0.15, -0.1) is 0 Å². The molecule has 0 radical (unpaired) electrons. The summed E-state index contributed by atoms with van der Waals surface area (Å²) in [6.45, 7) is 1.37. The van der Waals surface area contributed by atoms with Crippen molar-refractivity contribution in [3.8, 4) is 5.75 Å². The van der Waals surface area contributed by atoms with Gasteiger partial charge < -0.3 is 10.1 Å². The summed E-state index contributed by atoms with van der Waals surface area (Å²) < 4.78 is 5.55. The molecule has 9 heteroatoms. The van der Waals surface area contributed by atoms with Crippen LogP contribution in [0.3, 0.4) is 0 Å². The molecule has 0 fully saturated rings. The van der Waals surface area contributed by atoms with Gasteiger partial charge in [-0.05, 0) is 25.1 Å². The summed E-state index contributed by atoms with van der Waals surface area (Å²) in [7, 11) is 0. The summed E-state index contributed by atoms with van der Waals surface area (Å²) in [6.07, 6.45) is 1.23. The second-order valence-corrected chi connectivity index (χ2v) is 4.95. The maximum absolute atomic E-state index is 12.3. The molecule has 0 spiro atoms. The Morgan fingerprint density at radius 2 is 2.29 bits per heavy atom. The summed E-state index contributed by atoms with van der Waals surface area (Å²) >= 11 is 5.85. The summed E-state index contributed by atoms with van der Waals surface area (Å²) in [6, 6.07) is 4.73. The third-order valence-corrected chi connectivity index (χ3v) is 3.25. The molecule has 2 heterocycles. The van der Waals surface area contributed by atoms with E-state index in [9.17, 15) is 9.59 Å². The van der Waals surface area contributed by atoms with Crippen LogP contribution >= 0.6 is 11.6 Å². The molecule has 0 saturated heterocycles. The highest BCUT2D eigenvalue weighted by molar-refractivity contribution is 6.31. The summed E-state index contributed by atoms with van der Waals surface area (Å²) in [5.74, 6) is -0.791. The molecule has 1 aliphatic heterocycles. The summed E-state index contributed by atoms with van der Waals surface area (Å²) in [5.41, 5.74) is -1.31. The topological polar surface area (TPSA) is 109 Å². The monoisotopic (exact) mass is 307 g/mol. The van der Waals surface area contributed by atoms with E-state index in [1.807, 2.05) is 0 Å². The van der Waals surface area contributed by atoms with E-state index in [1.165, 1.54) is 13.3 Å². The van der Waals surface area contributed by atoms with Crippen LogP contribution in [0.4, 0.5) is 11.6 Å². The number of H-pyrrole nitrogens is 1. The smallest absolute Gasteiger partial charge is 0.280 e. The lowest BCUT2D eigenvalue weighted by Gasteiger charge is -2.32. The Labute approximate surface area is 123 Å². The minimum absolute atomic E-state index is 0.125. The van der Waals surface area contributed by atoms with Gasteiger partial charge in [-0.25, -0.2) is 5.10 Å². The molecule has 1 atom stereocenters. The van der Waals surface area contributed by atoms with E-state index in [2.05, 4.69) is 25.8 Å². The highest BCUT2D eigenvalue weighted by Crippen LogP contribution is 2.35. The number of hydrogen-bond acceptors (Lipinski definition) is 5. The van der Waals surface area contributed by atoms with Gasteiger partial charge in [0.1, 0.15) is 12.1 Å². The predicted molar refractivity (Wildman–Crippen MR) is 74.1 cm³/mol. The minimum atomic E-state index is -1.73. The maximum atomic E-state index is 12.3. The number of benzene rings is 1. The van der Waals surface area contributed by atoms with Crippen LogP contribution in [0, 0.1) is 0 Å². The van der Waals surface area contributed by atoms with Gasteiger partial charge in [-0.2, -0.15) is 10.1 Å². The number of ether oxygens (including phenoxy) is 1. The molecule has 0 aliphatic carbocycles. The van der Waals surface area contributed by atoms with Crippen molar-refractivity contribution in [3.63, 3.8) is 0 Å². The Morgan fingerprint density at radius 3 is 3.00 bits per heavy atom. The summed E-state index contributed by atoms with van der Waals surface area (Å²) in [5, 5.41) is 11.5. The average Bonchev–Trinajstić information content (AvgIpc) is 2.93. The zero-order chi connectivity index (χ0) is 15.0. The van der Waals surface area contributed by atoms with Crippen molar-refractivity contribution in [3.05, 3.63) is 29.5 Å². The Hall–Kier alpha value is -2.61. The molecule has 0 saturated carbocycles. The molecule has 108 valence electrons. The lowest BCUT2D eigenvalue weighted by atomic mass is 10.0. The molecule has 1 aromatic heterocycles. The van der Waals surface area contributed by atoms with Gasteiger partial charge in [-0.1, -0.05) is 11.6 Å². The number of hydrogen-bond donors (Lipinski definition) is 3. The fourth-order valence-corrected chi connectivity index (χ4v) is 2.01. The average molecular weight is 308 g/mol. The van der Waals surface area contributed by atoms with Crippen LogP contribution in [0.5, 0.6) is 5.75 Å². The maximum Gasteiger partial charge on any atom is 0.280 e. The molecule has 3 N–H and O–H groups in total. The van der Waals surface area contributed by atoms with Crippen molar-refractivity contribution in [2.45, 2.75) is 12.5 Å². The minimum Gasteiger partial charge on any atom is -0.466 e. The van der Waals surface area contributed by atoms with E-state index >= 15 is 0 Å². The number of anilines is 2. The predicted octanol–water partition coefficient (Wildman–Crippen LogP) is 1.19. The standard InChI is InChI=1S/C12H10ClN5O3/c1-12(10(20)17-11-14-5-15-18-11)9(19)16-7-4-6(13)2-3-8(7)21-12/h2-5H,1H3,(H,16,19)(H2,14,15,17,18,20). The van der Waals surface area contributed by atoms with E-state index in [0.29, 0.717) is 16.5 Å². The Bertz CT molecular complexity index is 718. The van der Waals surface area contributed by atoms with Crippen LogP contribution in [0.2, 0.25) is 5.02 Å². The van der Waals surface area contributed by atoms with Gasteiger partial charge >= 0.3 is 0 Å². The van der Waals surface area contributed by atoms with Gasteiger partial charge in [0.2, 0.25) is 5.95 Å². The zero-order valence-corrected chi connectivity index (χ0v) is 11.6. The lowest BCUT2D eigenvalue weighted by molar-refractivity contribution is -0.143. The lowest BCUT2D eigenvalue weighted by Crippen LogP contribution is -2.56. The normalized spacial score (nSPS) is 20.2. The third-order valence-electron chi connectivity index (χ3n) is 3.02. The number of nitrogens with one attached hydrogen (secondary N) is 3. The number of carbonyl (C=O) groups is 2. The van der Waals surface area contributed by atoms with Crippen molar-refractivity contribution in [1.29, 1.82) is 0 Å². The molecule has 21 heavy (non-hydrogen) atoms. The molecular weight excluding hydrogens is 298 g/mol. The van der Waals surface area contributed by atoms with Crippen molar-refractivity contribution in [2.75, 3.05) is 10.6 Å². The van der Waals surface area contributed by atoms with Gasteiger partial charge in [0.05, 0.1) is 5.69 Å². The molecule has 2 aromatic rings. The number of nitrogens with zero attached hydrogens (tertiary/aromatic N) is 2. The van der Waals surface area contributed by atoms with Crippen molar-refractivity contribution >= 4 is 35.1 Å². The largest absolute Gasteiger partial charge is 0.466 e. The van der Waals surface area contributed by atoms with Crippen LogP contribution in [0.1, 0.15) is 6.92 Å². The van der Waals surface area contributed by atoms with Gasteiger partial charge in [0, 0.05) is 5.02 Å². The number of carbonyl (C=O) groups excluding carboxylic acids is 2. The van der Waals surface area contributed by atoms with E-state index in [4.69, 9.17) is 16.3 Å². The van der Waals surface area contributed by atoms with Gasteiger partial charge in [0.25, 0.3) is 17.4 Å². The quantitative estimate of drug-likeness (QED) is 0.722. The second-order valence-electron chi connectivity index (χ2n) is 4.52. The SMILES string of the molecule is CC1(C(=O)Nc2ncn[nH]2)Oc2ccc(Cl)cc2NC1=O. The van der Waals surface area contributed by atoms with Gasteiger partial charge in [-0.3, -0.25) is 14.9 Å². The molecule has 8 nitrogen and oxygen atoms in total. The molecule has 1 aliphatic rings. The zero-order valence-electron chi connectivity index (χ0n) is 10.8. The second kappa shape index (κ2) is 4.74. The fourth-order valence-electron chi connectivity index (χ4n) is 1.84. The van der Waals surface area contributed by atoms with Crippen LogP contribution in [0.25, 0.3) is 0 Å².